The molecule has 1 spiro atoms. The SMILES string of the molecule is COC(=O)Nc1ccc2[nH]c(C(Cc3ccccc3)C(=O)N3CCC[C@@]4(C3)OC(=O)Nc3ccc(Cl)c(F)c34)cc2c1. The van der Waals surface area contributed by atoms with E-state index in [0.717, 1.165) is 16.5 Å². The summed E-state index contributed by atoms with van der Waals surface area (Å²) in [7, 11) is 1.29. The van der Waals surface area contributed by atoms with Gasteiger partial charge in [-0.2, -0.15) is 0 Å². The molecule has 42 heavy (non-hydrogen) atoms. The lowest BCUT2D eigenvalue weighted by Gasteiger charge is -2.45. The standard InChI is InChI=1S/C31H28ClFN4O5/c1-41-29(39)34-20-8-10-23-19(15-20)16-25(35-23)21(14-18-6-3-2-4-7-18)28(38)37-13-5-12-31(17-37)26-24(36-30(40)42-31)11-9-22(32)27(26)33/h2-4,6-11,15-16,21,35H,5,12-14,17H2,1H3,(H,34,39)(H,36,40)/t21?,31-/m0/s1. The minimum Gasteiger partial charge on any atom is -0.453 e. The van der Waals surface area contributed by atoms with Crippen LogP contribution in [-0.4, -0.2) is 48.2 Å². The second kappa shape index (κ2) is 11.0. The first-order valence-corrected chi connectivity index (χ1v) is 13.9. The number of ether oxygens (including phenoxy) is 2. The number of methoxy groups -OCH3 is 1. The fraction of sp³-hybridized carbons (Fsp3) is 0.258. The van der Waals surface area contributed by atoms with Crippen LogP contribution >= 0.6 is 11.6 Å². The molecule has 4 aromatic rings. The largest absolute Gasteiger partial charge is 0.453 e. The summed E-state index contributed by atoms with van der Waals surface area (Å²) in [5.41, 5.74) is 2.07. The summed E-state index contributed by atoms with van der Waals surface area (Å²) in [6.07, 6.45) is -0.0373. The fourth-order valence-electron chi connectivity index (χ4n) is 5.95. The van der Waals surface area contributed by atoms with Gasteiger partial charge in [-0.25, -0.2) is 14.0 Å². The highest BCUT2D eigenvalue weighted by Gasteiger charge is 2.49. The van der Waals surface area contributed by atoms with Crippen LogP contribution < -0.4 is 10.6 Å². The first-order valence-electron chi connectivity index (χ1n) is 13.6. The van der Waals surface area contributed by atoms with Crippen molar-refractivity contribution < 1.29 is 28.2 Å². The van der Waals surface area contributed by atoms with E-state index in [0.29, 0.717) is 37.2 Å². The van der Waals surface area contributed by atoms with E-state index in [-0.39, 0.29) is 28.7 Å². The van der Waals surface area contributed by atoms with E-state index in [1.165, 1.54) is 13.2 Å². The number of carbonyl (C=O) groups is 3. The number of benzene rings is 3. The number of H-pyrrole nitrogens is 1. The maximum absolute atomic E-state index is 15.4. The van der Waals surface area contributed by atoms with Crippen molar-refractivity contribution in [3.8, 4) is 0 Å². The molecule has 216 valence electrons. The van der Waals surface area contributed by atoms with E-state index < -0.39 is 29.5 Å². The van der Waals surface area contributed by atoms with Gasteiger partial charge in [-0.1, -0.05) is 41.9 Å². The quantitative estimate of drug-likeness (QED) is 0.244. The number of aromatic amines is 1. The molecule has 3 aromatic carbocycles. The molecule has 0 saturated carbocycles. The van der Waals surface area contributed by atoms with Crippen molar-refractivity contribution in [1.29, 1.82) is 0 Å². The van der Waals surface area contributed by atoms with Gasteiger partial charge >= 0.3 is 12.2 Å². The van der Waals surface area contributed by atoms with Crippen molar-refractivity contribution in [2.75, 3.05) is 30.8 Å². The number of piperidine rings is 1. The van der Waals surface area contributed by atoms with Crippen molar-refractivity contribution in [2.24, 2.45) is 0 Å². The van der Waals surface area contributed by atoms with Crippen LogP contribution in [0, 0.1) is 5.82 Å². The normalized spacial score (nSPS) is 18.6. The number of carbonyl (C=O) groups excluding carboxylic acids is 3. The van der Waals surface area contributed by atoms with Gasteiger partial charge in [0.25, 0.3) is 0 Å². The highest BCUT2D eigenvalue weighted by molar-refractivity contribution is 6.31. The summed E-state index contributed by atoms with van der Waals surface area (Å²) in [6, 6.07) is 19.9. The van der Waals surface area contributed by atoms with Crippen LogP contribution in [0.25, 0.3) is 10.9 Å². The molecular formula is C31H28ClFN4O5. The van der Waals surface area contributed by atoms with E-state index in [9.17, 15) is 14.4 Å². The number of amides is 3. The Morgan fingerprint density at radius 3 is 2.76 bits per heavy atom. The summed E-state index contributed by atoms with van der Waals surface area (Å²) in [4.78, 5) is 43.6. The Balaban J connectivity index is 1.36. The third kappa shape index (κ3) is 5.14. The van der Waals surface area contributed by atoms with Gasteiger partial charge in [0.15, 0.2) is 11.4 Å². The molecule has 3 heterocycles. The second-order valence-corrected chi connectivity index (χ2v) is 10.9. The summed E-state index contributed by atoms with van der Waals surface area (Å²) < 4.78 is 25.9. The molecule has 0 radical (unpaired) electrons. The Morgan fingerprint density at radius 2 is 1.98 bits per heavy atom. The molecular weight excluding hydrogens is 563 g/mol. The first-order chi connectivity index (χ1) is 20.3. The highest BCUT2D eigenvalue weighted by Crippen LogP contribution is 2.45. The number of anilines is 2. The number of halogens is 2. The van der Waals surface area contributed by atoms with E-state index >= 15 is 4.39 Å². The Morgan fingerprint density at radius 1 is 1.17 bits per heavy atom. The average Bonchev–Trinajstić information content (AvgIpc) is 3.41. The van der Waals surface area contributed by atoms with Gasteiger partial charge in [0.05, 0.1) is 35.8 Å². The zero-order valence-corrected chi connectivity index (χ0v) is 23.5. The van der Waals surface area contributed by atoms with Crippen molar-refractivity contribution in [3.63, 3.8) is 0 Å². The lowest BCUT2D eigenvalue weighted by molar-refractivity contribution is -0.141. The smallest absolute Gasteiger partial charge is 0.412 e. The molecule has 1 aromatic heterocycles. The molecule has 0 bridgehead atoms. The van der Waals surface area contributed by atoms with Gasteiger partial charge in [0.1, 0.15) is 0 Å². The van der Waals surface area contributed by atoms with Crippen molar-refractivity contribution in [3.05, 3.63) is 94.4 Å². The molecule has 2 aliphatic rings. The molecule has 11 heteroatoms. The maximum Gasteiger partial charge on any atom is 0.412 e. The number of fused-ring (bicyclic) bond motifs is 3. The van der Waals surface area contributed by atoms with Crippen LogP contribution in [0.3, 0.4) is 0 Å². The summed E-state index contributed by atoms with van der Waals surface area (Å²) >= 11 is 6.13. The molecule has 0 aliphatic carbocycles. The van der Waals surface area contributed by atoms with Crippen molar-refractivity contribution in [2.45, 2.75) is 30.8 Å². The van der Waals surface area contributed by atoms with Crippen LogP contribution in [0.1, 0.15) is 35.6 Å². The third-order valence-corrected chi connectivity index (χ3v) is 8.16. The molecule has 9 nitrogen and oxygen atoms in total. The number of nitrogens with zero attached hydrogens (tertiary/aromatic N) is 1. The number of aromatic nitrogens is 1. The van der Waals surface area contributed by atoms with Gasteiger partial charge in [-0.3, -0.25) is 15.4 Å². The first kappa shape index (κ1) is 27.6. The molecule has 3 N–H and O–H groups in total. The van der Waals surface area contributed by atoms with Crippen molar-refractivity contribution in [1.82, 2.24) is 9.88 Å². The summed E-state index contributed by atoms with van der Waals surface area (Å²) in [5.74, 6) is -1.47. The van der Waals surface area contributed by atoms with Crippen LogP contribution in [0.2, 0.25) is 5.02 Å². The number of hydrogen-bond donors (Lipinski definition) is 3. The summed E-state index contributed by atoms with van der Waals surface area (Å²) in [6.45, 7) is 0.407. The lowest BCUT2D eigenvalue weighted by atomic mass is 9.82. The summed E-state index contributed by atoms with van der Waals surface area (Å²) in [5, 5.41) is 5.93. The maximum atomic E-state index is 15.4. The van der Waals surface area contributed by atoms with E-state index in [2.05, 4.69) is 15.6 Å². The Bertz CT molecular complexity index is 1690. The van der Waals surface area contributed by atoms with Crippen LogP contribution in [0.4, 0.5) is 25.4 Å². The number of likely N-dealkylation sites (tertiary alicyclic amines) is 1. The molecule has 3 amide bonds. The molecule has 2 aliphatic heterocycles. The lowest BCUT2D eigenvalue weighted by Crippen LogP contribution is -2.54. The topological polar surface area (TPSA) is 113 Å². The molecule has 2 atom stereocenters. The van der Waals surface area contributed by atoms with E-state index in [4.69, 9.17) is 21.1 Å². The minimum atomic E-state index is -1.37. The minimum absolute atomic E-state index is 0.0117. The number of nitrogens with one attached hydrogen (secondary N) is 3. The average molecular weight is 591 g/mol. The second-order valence-electron chi connectivity index (χ2n) is 10.5. The zero-order valence-electron chi connectivity index (χ0n) is 22.7. The molecule has 1 saturated heterocycles. The van der Waals surface area contributed by atoms with Gasteiger partial charge in [0, 0.05) is 28.8 Å². The monoisotopic (exact) mass is 590 g/mol. The predicted octanol–water partition coefficient (Wildman–Crippen LogP) is 6.55. The van der Waals surface area contributed by atoms with Crippen LogP contribution in [0.15, 0.2) is 66.7 Å². The van der Waals surface area contributed by atoms with Crippen LogP contribution in [0.5, 0.6) is 0 Å². The Labute approximate surface area is 245 Å². The highest BCUT2D eigenvalue weighted by atomic mass is 35.5. The fourth-order valence-corrected chi connectivity index (χ4v) is 6.11. The van der Waals surface area contributed by atoms with E-state index in [1.54, 1.807) is 23.1 Å². The van der Waals surface area contributed by atoms with Gasteiger partial charge in [-0.05, 0) is 61.2 Å². The number of rotatable bonds is 5. The van der Waals surface area contributed by atoms with E-state index in [1.807, 2.05) is 42.5 Å². The van der Waals surface area contributed by atoms with Crippen molar-refractivity contribution >= 4 is 52.0 Å². The zero-order chi connectivity index (χ0) is 29.4. The third-order valence-electron chi connectivity index (χ3n) is 7.87. The van der Waals surface area contributed by atoms with Gasteiger partial charge in [-0.15, -0.1) is 0 Å². The number of hydrogen-bond acceptors (Lipinski definition) is 5. The molecule has 1 fully saturated rings. The predicted molar refractivity (Wildman–Crippen MR) is 156 cm³/mol. The molecule has 1 unspecified atom stereocenters. The Kier molecular flexibility index (Phi) is 7.24. The van der Waals surface area contributed by atoms with Gasteiger partial charge < -0.3 is 19.4 Å². The Hall–Kier alpha value is -4.57. The van der Waals surface area contributed by atoms with Gasteiger partial charge in [0.2, 0.25) is 5.91 Å². The van der Waals surface area contributed by atoms with Crippen LogP contribution in [-0.2, 0) is 26.3 Å². The molecule has 6 rings (SSSR count).